The van der Waals surface area contributed by atoms with Crippen molar-refractivity contribution >= 4 is 11.7 Å². The molecular weight excluding hydrogens is 340 g/mol. The molecule has 2 heterocycles. The molecule has 0 aromatic heterocycles. The molecule has 5 N–H and O–H groups in total. The van der Waals surface area contributed by atoms with Gasteiger partial charge in [0, 0.05) is 18.1 Å². The highest BCUT2D eigenvalue weighted by atomic mass is 16.5. The predicted molar refractivity (Wildman–Crippen MR) is 92.7 cm³/mol. The maximum atomic E-state index is 12.0. The Labute approximate surface area is 148 Å². The monoisotopic (exact) mass is 358 g/mol. The molecule has 9 nitrogen and oxygen atoms in total. The molecule has 2 atom stereocenters. The van der Waals surface area contributed by atoms with Crippen LogP contribution in [0.15, 0.2) is 41.5 Å². The fourth-order valence-corrected chi connectivity index (χ4v) is 2.78. The highest BCUT2D eigenvalue weighted by molar-refractivity contribution is 5.95. The van der Waals surface area contributed by atoms with Crippen molar-refractivity contribution in [3.05, 3.63) is 58.1 Å². The lowest BCUT2D eigenvalue weighted by molar-refractivity contribution is 0.0589. The van der Waals surface area contributed by atoms with E-state index in [2.05, 4.69) is 10.2 Å². The van der Waals surface area contributed by atoms with Crippen molar-refractivity contribution in [2.24, 2.45) is 0 Å². The van der Waals surface area contributed by atoms with E-state index in [1.54, 1.807) is 24.3 Å². The Balaban J connectivity index is 2.10. The second-order valence-corrected chi connectivity index (χ2v) is 5.79. The van der Waals surface area contributed by atoms with Gasteiger partial charge in [0.15, 0.2) is 0 Å². The third kappa shape index (κ3) is 3.05. The molecule has 26 heavy (non-hydrogen) atoms. The number of benzene rings is 1. The summed E-state index contributed by atoms with van der Waals surface area (Å²) in [5, 5.41) is 26.6. The molecule has 2 aliphatic rings. The van der Waals surface area contributed by atoms with Crippen molar-refractivity contribution in [3.8, 4) is 11.3 Å². The van der Waals surface area contributed by atoms with Gasteiger partial charge in [-0.3, -0.25) is 4.79 Å². The number of nitrogens with zero attached hydrogens (tertiary/aromatic N) is 2. The van der Waals surface area contributed by atoms with Crippen LogP contribution in [-0.4, -0.2) is 44.7 Å². The Kier molecular flexibility index (Phi) is 4.74. The summed E-state index contributed by atoms with van der Waals surface area (Å²) in [4.78, 5) is 24.0. The Morgan fingerprint density at radius 3 is 2.65 bits per heavy atom. The first-order chi connectivity index (χ1) is 12.5. The molecule has 0 unspecified atom stereocenters. The van der Waals surface area contributed by atoms with Crippen LogP contribution in [0.25, 0.3) is 11.3 Å². The van der Waals surface area contributed by atoms with Crippen LogP contribution in [0.4, 0.5) is 5.69 Å². The molecule has 1 aromatic carbocycles. The maximum Gasteiger partial charge on any atom is 0.341 e. The minimum atomic E-state index is -1.10. The number of ether oxygens (including phenoxy) is 1. The minimum Gasteiger partial charge on any atom is -0.465 e. The molecular formula is C17H18N4O5. The van der Waals surface area contributed by atoms with E-state index in [0.717, 1.165) is 0 Å². The lowest BCUT2D eigenvalue weighted by Gasteiger charge is -2.25. The summed E-state index contributed by atoms with van der Waals surface area (Å²) in [6.07, 6.45) is 1.71. The SMILES string of the molecule is COC(=O)c1cn([C@@H](CO)[C@H](O)c2ccc(N)cc2)cc2c(=O)[nH]nc1-2. The fourth-order valence-electron chi connectivity index (χ4n) is 2.78. The summed E-state index contributed by atoms with van der Waals surface area (Å²) in [6.45, 7) is -0.436. The van der Waals surface area contributed by atoms with Gasteiger partial charge in [-0.15, -0.1) is 0 Å². The van der Waals surface area contributed by atoms with E-state index in [4.69, 9.17) is 10.5 Å². The number of aromatic nitrogens is 3. The van der Waals surface area contributed by atoms with Crippen LogP contribution in [0.2, 0.25) is 0 Å². The minimum absolute atomic E-state index is 0.0475. The van der Waals surface area contributed by atoms with Gasteiger partial charge in [0.25, 0.3) is 5.56 Å². The maximum absolute atomic E-state index is 12.0. The first kappa shape index (κ1) is 17.6. The highest BCUT2D eigenvalue weighted by Crippen LogP contribution is 2.30. The summed E-state index contributed by atoms with van der Waals surface area (Å²) < 4.78 is 6.14. The van der Waals surface area contributed by atoms with Gasteiger partial charge >= 0.3 is 5.97 Å². The smallest absolute Gasteiger partial charge is 0.341 e. The number of hydrogen-bond acceptors (Lipinski definition) is 7. The lowest BCUT2D eigenvalue weighted by atomic mass is 10.0. The zero-order valence-corrected chi connectivity index (χ0v) is 13.9. The highest BCUT2D eigenvalue weighted by Gasteiger charge is 2.27. The van der Waals surface area contributed by atoms with Gasteiger partial charge in [0.2, 0.25) is 0 Å². The summed E-state index contributed by atoms with van der Waals surface area (Å²) in [5.74, 6) is -0.686. The molecule has 2 aliphatic heterocycles. The number of aliphatic hydroxyl groups is 2. The quantitative estimate of drug-likeness (QED) is 0.379. The van der Waals surface area contributed by atoms with Crippen LogP contribution in [0.3, 0.4) is 0 Å². The second-order valence-electron chi connectivity index (χ2n) is 5.79. The van der Waals surface area contributed by atoms with Crippen molar-refractivity contribution in [2.75, 3.05) is 19.5 Å². The number of nitrogens with one attached hydrogen (secondary N) is 1. The molecule has 0 radical (unpaired) electrons. The summed E-state index contributed by atoms with van der Waals surface area (Å²) in [7, 11) is 1.21. The fraction of sp³-hybridized carbons (Fsp3) is 0.235. The third-order valence-corrected chi connectivity index (χ3v) is 4.20. The van der Waals surface area contributed by atoms with Gasteiger partial charge in [0.1, 0.15) is 17.4 Å². The number of carbonyl (C=O) groups is 1. The summed E-state index contributed by atoms with van der Waals surface area (Å²) in [6, 6.07) is 5.69. The number of rotatable bonds is 5. The normalized spacial score (nSPS) is 13.5. The molecule has 9 heteroatoms. The third-order valence-electron chi connectivity index (χ3n) is 4.20. The number of nitrogens with two attached hydrogens (primary N) is 1. The van der Waals surface area contributed by atoms with Crippen LogP contribution in [0.1, 0.15) is 28.1 Å². The van der Waals surface area contributed by atoms with Crippen molar-refractivity contribution in [1.82, 2.24) is 14.8 Å². The van der Waals surface area contributed by atoms with E-state index >= 15 is 0 Å². The predicted octanol–water partition coefficient (Wildman–Crippen LogP) is 0.312. The number of aromatic amines is 1. The van der Waals surface area contributed by atoms with Crippen LogP contribution in [0.5, 0.6) is 0 Å². The number of carbonyl (C=O) groups excluding carboxylic acids is 1. The number of nitrogen functional groups attached to an aromatic ring is 1. The summed E-state index contributed by atoms with van der Waals surface area (Å²) >= 11 is 0. The standard InChI is InChI=1S/C17H18N4O5/c1-26-17(25)12-7-21(6-11-14(12)19-20-16(11)24)13(8-22)15(23)9-2-4-10(18)5-3-9/h2-7,13,15,22-23H,8,18H2,1H3,(H,20,24)/t13-,15+/m0/s1. The van der Waals surface area contributed by atoms with Gasteiger partial charge < -0.3 is 25.3 Å². The van der Waals surface area contributed by atoms with Crippen molar-refractivity contribution in [2.45, 2.75) is 12.1 Å². The number of pyridine rings is 1. The molecule has 0 saturated heterocycles. The van der Waals surface area contributed by atoms with E-state index in [1.165, 1.54) is 24.1 Å². The van der Waals surface area contributed by atoms with Gasteiger partial charge in [0.05, 0.1) is 25.3 Å². The van der Waals surface area contributed by atoms with Crippen LogP contribution in [0, 0.1) is 0 Å². The van der Waals surface area contributed by atoms with Crippen molar-refractivity contribution < 1.29 is 19.7 Å². The van der Waals surface area contributed by atoms with E-state index in [9.17, 15) is 19.8 Å². The zero-order chi connectivity index (χ0) is 18.8. The van der Waals surface area contributed by atoms with Crippen LogP contribution < -0.4 is 11.3 Å². The molecule has 0 bridgehead atoms. The van der Waals surface area contributed by atoms with E-state index in [1.807, 2.05) is 0 Å². The number of esters is 1. The first-order valence-corrected chi connectivity index (χ1v) is 7.78. The van der Waals surface area contributed by atoms with Gasteiger partial charge in [-0.25, -0.2) is 9.89 Å². The Hall–Kier alpha value is -3.17. The van der Waals surface area contributed by atoms with Crippen molar-refractivity contribution in [3.63, 3.8) is 0 Å². The lowest BCUT2D eigenvalue weighted by Crippen LogP contribution is -2.23. The molecule has 136 valence electrons. The molecule has 1 aromatic rings. The Bertz CT molecular complexity index is 947. The molecule has 0 aliphatic carbocycles. The Morgan fingerprint density at radius 2 is 2.04 bits per heavy atom. The zero-order valence-electron chi connectivity index (χ0n) is 13.9. The van der Waals surface area contributed by atoms with Gasteiger partial charge in [-0.05, 0) is 17.7 Å². The molecule has 0 saturated carbocycles. The first-order valence-electron chi connectivity index (χ1n) is 7.78. The molecule has 0 spiro atoms. The van der Waals surface area contributed by atoms with E-state index < -0.39 is 30.3 Å². The van der Waals surface area contributed by atoms with E-state index in [-0.39, 0.29) is 16.8 Å². The van der Waals surface area contributed by atoms with Crippen LogP contribution in [-0.2, 0) is 4.74 Å². The number of hydrogen-bond donors (Lipinski definition) is 4. The van der Waals surface area contributed by atoms with Crippen LogP contribution >= 0.6 is 0 Å². The number of methoxy groups -OCH3 is 1. The number of anilines is 1. The average molecular weight is 358 g/mol. The molecule has 3 rings (SSSR count). The molecule has 0 amide bonds. The number of fused-ring (bicyclic) bond motifs is 1. The number of aliphatic hydroxyl groups excluding tert-OH is 2. The Morgan fingerprint density at radius 1 is 1.35 bits per heavy atom. The summed E-state index contributed by atoms with van der Waals surface area (Å²) in [5.41, 5.74) is 6.59. The van der Waals surface area contributed by atoms with Crippen molar-refractivity contribution in [1.29, 1.82) is 0 Å². The van der Waals surface area contributed by atoms with E-state index in [0.29, 0.717) is 11.3 Å². The van der Waals surface area contributed by atoms with Gasteiger partial charge in [-0.2, -0.15) is 5.10 Å². The molecule has 0 fully saturated rings. The topological polar surface area (TPSA) is 143 Å². The average Bonchev–Trinajstić information content (AvgIpc) is 3.02. The number of H-pyrrole nitrogens is 1. The second kappa shape index (κ2) is 6.98. The van der Waals surface area contributed by atoms with Gasteiger partial charge in [-0.1, -0.05) is 12.1 Å². The largest absolute Gasteiger partial charge is 0.465 e.